The van der Waals surface area contributed by atoms with E-state index < -0.39 is 0 Å². The van der Waals surface area contributed by atoms with E-state index in [1.54, 1.807) is 7.11 Å². The van der Waals surface area contributed by atoms with Crippen LogP contribution in [0.25, 0.3) is 0 Å². The molecule has 0 radical (unpaired) electrons. The summed E-state index contributed by atoms with van der Waals surface area (Å²) in [5.41, 5.74) is 0.963. The van der Waals surface area contributed by atoms with Crippen LogP contribution in [0, 0.1) is 11.8 Å². The molecule has 1 aromatic rings. The Balaban J connectivity index is 1.52. The molecule has 1 aromatic carbocycles. The third-order valence-electron chi connectivity index (χ3n) is 5.15. The van der Waals surface area contributed by atoms with Gasteiger partial charge >= 0.3 is 0 Å². The van der Waals surface area contributed by atoms with Crippen LogP contribution in [0.5, 0.6) is 5.75 Å². The van der Waals surface area contributed by atoms with E-state index in [0.717, 1.165) is 11.3 Å². The van der Waals surface area contributed by atoms with E-state index in [-0.39, 0.29) is 48.6 Å². The summed E-state index contributed by atoms with van der Waals surface area (Å²) in [5, 5.41) is 2.91. The largest absolute Gasteiger partial charge is 0.497 e. The lowest BCUT2D eigenvalue weighted by molar-refractivity contribution is -0.140. The highest BCUT2D eigenvalue weighted by Gasteiger charge is 2.46. The van der Waals surface area contributed by atoms with E-state index in [0.29, 0.717) is 12.8 Å². The Morgan fingerprint density at radius 2 is 1.73 bits per heavy atom. The van der Waals surface area contributed by atoms with E-state index in [1.807, 2.05) is 43.3 Å². The maximum atomic E-state index is 12.4. The van der Waals surface area contributed by atoms with Crippen molar-refractivity contribution in [3.8, 4) is 5.75 Å². The number of carbonyl (C=O) groups excluding carboxylic acids is 3. The number of methoxy groups -OCH3 is 1. The molecule has 0 saturated carbocycles. The monoisotopic (exact) mass is 356 g/mol. The summed E-state index contributed by atoms with van der Waals surface area (Å²) in [5.74, 6) is -0.181. The maximum Gasteiger partial charge on any atom is 0.233 e. The van der Waals surface area contributed by atoms with E-state index >= 15 is 0 Å². The fourth-order valence-electron chi connectivity index (χ4n) is 3.59. The third-order valence-corrected chi connectivity index (χ3v) is 5.15. The molecule has 3 amide bonds. The lowest BCUT2D eigenvalue weighted by Gasteiger charge is -2.17. The van der Waals surface area contributed by atoms with Crippen LogP contribution in [0.1, 0.15) is 37.8 Å². The Bertz CT molecular complexity index is 700. The molecule has 2 aliphatic rings. The highest BCUT2D eigenvalue weighted by molar-refractivity contribution is 6.05. The summed E-state index contributed by atoms with van der Waals surface area (Å²) < 4.78 is 5.12. The van der Waals surface area contributed by atoms with Gasteiger partial charge in [-0.2, -0.15) is 0 Å². The second kappa shape index (κ2) is 7.72. The molecule has 0 spiro atoms. The number of imide groups is 1. The Labute approximate surface area is 153 Å². The van der Waals surface area contributed by atoms with Crippen molar-refractivity contribution in [3.63, 3.8) is 0 Å². The van der Waals surface area contributed by atoms with Crippen LogP contribution >= 0.6 is 0 Å². The normalized spacial score (nSPS) is 22.9. The molecule has 3 atom stereocenters. The Kier molecular flexibility index (Phi) is 5.40. The summed E-state index contributed by atoms with van der Waals surface area (Å²) in [6, 6.07) is 7.32. The lowest BCUT2D eigenvalue weighted by Crippen LogP contribution is -2.36. The number of nitrogens with zero attached hydrogens (tertiary/aromatic N) is 1. The fourth-order valence-corrected chi connectivity index (χ4v) is 3.59. The SMILES string of the molecule is COc1ccc(C(C)NC(=O)CCN2C(=O)[C@H]3CC=CC[C@H]3C2=O)cc1. The van der Waals surface area contributed by atoms with Gasteiger partial charge in [0.25, 0.3) is 0 Å². The number of hydrogen-bond acceptors (Lipinski definition) is 4. The van der Waals surface area contributed by atoms with E-state index in [2.05, 4.69) is 5.32 Å². The summed E-state index contributed by atoms with van der Waals surface area (Å²) in [4.78, 5) is 38.3. The second-order valence-corrected chi connectivity index (χ2v) is 6.80. The highest BCUT2D eigenvalue weighted by Crippen LogP contribution is 2.35. The molecule has 138 valence electrons. The second-order valence-electron chi connectivity index (χ2n) is 6.80. The van der Waals surface area contributed by atoms with Gasteiger partial charge in [-0.25, -0.2) is 0 Å². The molecule has 1 aliphatic carbocycles. The molecule has 6 heteroatoms. The molecule has 1 heterocycles. The van der Waals surface area contributed by atoms with Crippen LogP contribution in [0.2, 0.25) is 0 Å². The van der Waals surface area contributed by atoms with Crippen molar-refractivity contribution >= 4 is 17.7 Å². The zero-order chi connectivity index (χ0) is 18.7. The van der Waals surface area contributed by atoms with E-state index in [1.165, 1.54) is 4.90 Å². The van der Waals surface area contributed by atoms with Crippen molar-refractivity contribution in [1.82, 2.24) is 10.2 Å². The highest BCUT2D eigenvalue weighted by atomic mass is 16.5. The van der Waals surface area contributed by atoms with Crippen LogP contribution in [0.3, 0.4) is 0 Å². The van der Waals surface area contributed by atoms with Crippen molar-refractivity contribution in [2.24, 2.45) is 11.8 Å². The van der Waals surface area contributed by atoms with Gasteiger partial charge < -0.3 is 10.1 Å². The number of rotatable bonds is 6. The molecule has 1 unspecified atom stereocenters. The van der Waals surface area contributed by atoms with Gasteiger partial charge in [0.15, 0.2) is 0 Å². The van der Waals surface area contributed by atoms with Crippen molar-refractivity contribution in [2.45, 2.75) is 32.2 Å². The first-order valence-corrected chi connectivity index (χ1v) is 8.94. The number of carbonyl (C=O) groups is 3. The van der Waals surface area contributed by atoms with Gasteiger partial charge in [0.05, 0.1) is 25.0 Å². The molecule has 1 N–H and O–H groups in total. The smallest absolute Gasteiger partial charge is 0.233 e. The van der Waals surface area contributed by atoms with Gasteiger partial charge in [0.1, 0.15) is 5.75 Å². The minimum atomic E-state index is -0.242. The van der Waals surface area contributed by atoms with E-state index in [4.69, 9.17) is 4.74 Å². The first-order valence-electron chi connectivity index (χ1n) is 8.94. The number of nitrogens with one attached hydrogen (secondary N) is 1. The summed E-state index contributed by atoms with van der Waals surface area (Å²) >= 11 is 0. The molecule has 1 saturated heterocycles. The van der Waals surface area contributed by atoms with Gasteiger partial charge in [-0.15, -0.1) is 0 Å². The zero-order valence-electron chi connectivity index (χ0n) is 15.1. The maximum absolute atomic E-state index is 12.4. The molecule has 26 heavy (non-hydrogen) atoms. The third kappa shape index (κ3) is 3.64. The molecule has 0 bridgehead atoms. The minimum Gasteiger partial charge on any atom is -0.497 e. The van der Waals surface area contributed by atoms with Gasteiger partial charge in [-0.3, -0.25) is 19.3 Å². The average molecular weight is 356 g/mol. The first-order chi connectivity index (χ1) is 12.5. The summed E-state index contributed by atoms with van der Waals surface area (Å²) in [6.45, 7) is 2.04. The number of allylic oxidation sites excluding steroid dienone is 2. The molecule has 0 aromatic heterocycles. The molecular formula is C20H24N2O4. The number of likely N-dealkylation sites (tertiary alicyclic amines) is 1. The van der Waals surface area contributed by atoms with Crippen LogP contribution in [-0.2, 0) is 14.4 Å². The van der Waals surface area contributed by atoms with Crippen molar-refractivity contribution in [2.75, 3.05) is 13.7 Å². The minimum absolute atomic E-state index is 0.116. The molecule has 3 rings (SSSR count). The van der Waals surface area contributed by atoms with Gasteiger partial charge in [-0.1, -0.05) is 24.3 Å². The fraction of sp³-hybridized carbons (Fsp3) is 0.450. The van der Waals surface area contributed by atoms with Crippen molar-refractivity contribution in [3.05, 3.63) is 42.0 Å². The number of hydrogen-bond donors (Lipinski definition) is 1. The predicted molar refractivity (Wildman–Crippen MR) is 96.2 cm³/mol. The van der Waals surface area contributed by atoms with Gasteiger partial charge in [0, 0.05) is 13.0 Å². The standard InChI is InChI=1S/C20H24N2O4/c1-13(14-7-9-15(26-2)10-8-14)21-18(23)11-12-22-19(24)16-5-3-4-6-17(16)20(22)25/h3-4,7-10,13,16-17H,5-6,11-12H2,1-2H3,(H,21,23)/t13?,16-,17+. The number of fused-ring (bicyclic) bond motifs is 1. The predicted octanol–water partition coefficient (Wildman–Crippen LogP) is 2.21. The number of ether oxygens (including phenoxy) is 1. The summed E-state index contributed by atoms with van der Waals surface area (Å²) in [7, 11) is 1.60. The van der Waals surface area contributed by atoms with Gasteiger partial charge in [-0.05, 0) is 37.5 Å². The van der Waals surface area contributed by atoms with Crippen LogP contribution in [0.15, 0.2) is 36.4 Å². The Morgan fingerprint density at radius 3 is 2.27 bits per heavy atom. The van der Waals surface area contributed by atoms with Crippen LogP contribution < -0.4 is 10.1 Å². The quantitative estimate of drug-likeness (QED) is 0.626. The van der Waals surface area contributed by atoms with E-state index in [9.17, 15) is 14.4 Å². The number of amides is 3. The lowest BCUT2D eigenvalue weighted by atomic mass is 9.85. The topological polar surface area (TPSA) is 75.7 Å². The molecule has 6 nitrogen and oxygen atoms in total. The van der Waals surface area contributed by atoms with Crippen LogP contribution in [0.4, 0.5) is 0 Å². The van der Waals surface area contributed by atoms with Crippen molar-refractivity contribution < 1.29 is 19.1 Å². The Hall–Kier alpha value is -2.63. The van der Waals surface area contributed by atoms with Gasteiger partial charge in [0.2, 0.25) is 17.7 Å². The molecular weight excluding hydrogens is 332 g/mol. The van der Waals surface area contributed by atoms with Crippen molar-refractivity contribution in [1.29, 1.82) is 0 Å². The summed E-state index contributed by atoms with van der Waals surface area (Å²) in [6.07, 6.45) is 5.27. The Morgan fingerprint density at radius 1 is 1.15 bits per heavy atom. The molecule has 1 fully saturated rings. The molecule has 1 aliphatic heterocycles. The number of benzene rings is 1. The van der Waals surface area contributed by atoms with Crippen LogP contribution in [-0.4, -0.2) is 36.3 Å². The zero-order valence-corrected chi connectivity index (χ0v) is 15.1. The first kappa shape index (κ1) is 18.2. The average Bonchev–Trinajstić information content (AvgIpc) is 2.91.